The van der Waals surface area contributed by atoms with Crippen molar-refractivity contribution in [3.05, 3.63) is 36.5 Å². The standard InChI is InChI=1S/C19H21FN6O/c1-11(27)24-15-6-2-3-7-16(15)25-19-14(20)10-23-18(26-19)13-9-22-17-12(13)5-4-8-21-17/h4-5,8-10,15-16H,2-3,6-7H2,1H3,(H,21,22)(H,24,27)(H,23,25,26)/t15-,16-/m1/s1. The summed E-state index contributed by atoms with van der Waals surface area (Å²) in [6, 6.07) is 3.65. The third-order valence-corrected chi connectivity index (χ3v) is 4.91. The molecule has 1 fully saturated rings. The summed E-state index contributed by atoms with van der Waals surface area (Å²) in [7, 11) is 0. The molecule has 3 aromatic heterocycles. The normalized spacial score (nSPS) is 19.8. The van der Waals surface area contributed by atoms with Gasteiger partial charge in [0.05, 0.1) is 6.20 Å². The minimum Gasteiger partial charge on any atom is -0.363 e. The Morgan fingerprint density at radius 3 is 2.89 bits per heavy atom. The monoisotopic (exact) mass is 368 g/mol. The van der Waals surface area contributed by atoms with Gasteiger partial charge in [-0.2, -0.15) is 0 Å². The van der Waals surface area contributed by atoms with Gasteiger partial charge in [0.25, 0.3) is 0 Å². The van der Waals surface area contributed by atoms with E-state index < -0.39 is 5.82 Å². The van der Waals surface area contributed by atoms with E-state index in [1.807, 2.05) is 12.1 Å². The Balaban J connectivity index is 1.63. The Morgan fingerprint density at radius 2 is 2.07 bits per heavy atom. The lowest BCUT2D eigenvalue weighted by atomic mass is 9.90. The molecule has 140 valence electrons. The van der Waals surface area contributed by atoms with Crippen LogP contribution in [0.5, 0.6) is 0 Å². The largest absolute Gasteiger partial charge is 0.363 e. The molecule has 0 radical (unpaired) electrons. The quantitative estimate of drug-likeness (QED) is 0.658. The summed E-state index contributed by atoms with van der Waals surface area (Å²) in [5.74, 6) is -0.0155. The van der Waals surface area contributed by atoms with E-state index in [0.717, 1.165) is 42.3 Å². The van der Waals surface area contributed by atoms with Crippen molar-refractivity contribution in [1.82, 2.24) is 25.3 Å². The summed E-state index contributed by atoms with van der Waals surface area (Å²) in [4.78, 5) is 27.4. The van der Waals surface area contributed by atoms with Crippen molar-refractivity contribution in [3.63, 3.8) is 0 Å². The molecule has 3 N–H and O–H groups in total. The van der Waals surface area contributed by atoms with Crippen molar-refractivity contribution in [3.8, 4) is 11.4 Å². The van der Waals surface area contributed by atoms with Crippen LogP contribution in [0, 0.1) is 5.82 Å². The highest BCUT2D eigenvalue weighted by Crippen LogP contribution is 2.27. The lowest BCUT2D eigenvalue weighted by Gasteiger charge is -2.33. The number of aromatic nitrogens is 4. The second kappa shape index (κ2) is 7.30. The van der Waals surface area contributed by atoms with Crippen LogP contribution in [0.2, 0.25) is 0 Å². The van der Waals surface area contributed by atoms with Crippen LogP contribution in [0.25, 0.3) is 22.4 Å². The van der Waals surface area contributed by atoms with E-state index in [-0.39, 0.29) is 23.8 Å². The molecule has 0 spiro atoms. The van der Waals surface area contributed by atoms with Gasteiger partial charge in [0, 0.05) is 42.4 Å². The van der Waals surface area contributed by atoms with Crippen molar-refractivity contribution in [2.45, 2.75) is 44.7 Å². The maximum Gasteiger partial charge on any atom is 0.217 e. The van der Waals surface area contributed by atoms with Crippen LogP contribution in [-0.4, -0.2) is 37.9 Å². The van der Waals surface area contributed by atoms with Crippen molar-refractivity contribution in [2.24, 2.45) is 0 Å². The van der Waals surface area contributed by atoms with E-state index in [2.05, 4.69) is 30.6 Å². The Bertz CT molecular complexity index is 972. The predicted molar refractivity (Wildman–Crippen MR) is 101 cm³/mol. The SMILES string of the molecule is CC(=O)N[C@@H]1CCCC[C@H]1Nc1nc(-c2c[nH]c3ncccc23)ncc1F. The number of aromatic amines is 1. The Hall–Kier alpha value is -3.03. The highest BCUT2D eigenvalue weighted by atomic mass is 19.1. The number of hydrogen-bond acceptors (Lipinski definition) is 5. The van der Waals surface area contributed by atoms with Crippen LogP contribution >= 0.6 is 0 Å². The van der Waals surface area contributed by atoms with Crippen molar-refractivity contribution in [1.29, 1.82) is 0 Å². The maximum absolute atomic E-state index is 14.4. The van der Waals surface area contributed by atoms with E-state index in [1.54, 1.807) is 12.4 Å². The molecule has 7 nitrogen and oxygen atoms in total. The fourth-order valence-electron chi connectivity index (χ4n) is 3.65. The van der Waals surface area contributed by atoms with Crippen LogP contribution in [-0.2, 0) is 4.79 Å². The Kier molecular flexibility index (Phi) is 4.70. The van der Waals surface area contributed by atoms with Gasteiger partial charge in [-0.25, -0.2) is 19.3 Å². The number of hydrogen-bond donors (Lipinski definition) is 3. The van der Waals surface area contributed by atoms with Crippen LogP contribution < -0.4 is 10.6 Å². The average molecular weight is 368 g/mol. The van der Waals surface area contributed by atoms with Gasteiger partial charge in [-0.15, -0.1) is 0 Å². The first-order chi connectivity index (χ1) is 13.1. The first kappa shape index (κ1) is 17.4. The zero-order chi connectivity index (χ0) is 18.8. The smallest absolute Gasteiger partial charge is 0.217 e. The number of rotatable bonds is 4. The molecule has 0 unspecified atom stereocenters. The number of pyridine rings is 1. The first-order valence-electron chi connectivity index (χ1n) is 9.10. The number of nitrogens with zero attached hydrogens (tertiary/aromatic N) is 3. The molecule has 0 saturated heterocycles. The summed E-state index contributed by atoms with van der Waals surface area (Å²) >= 11 is 0. The molecular weight excluding hydrogens is 347 g/mol. The first-order valence-corrected chi connectivity index (χ1v) is 9.10. The molecule has 0 aromatic carbocycles. The Morgan fingerprint density at radius 1 is 1.26 bits per heavy atom. The third-order valence-electron chi connectivity index (χ3n) is 4.91. The van der Waals surface area contributed by atoms with Crippen molar-refractivity contribution in [2.75, 3.05) is 5.32 Å². The van der Waals surface area contributed by atoms with Gasteiger partial charge in [0.1, 0.15) is 5.65 Å². The van der Waals surface area contributed by atoms with Crippen LogP contribution in [0.1, 0.15) is 32.6 Å². The number of carbonyl (C=O) groups is 1. The van der Waals surface area contributed by atoms with Gasteiger partial charge in [-0.05, 0) is 25.0 Å². The van der Waals surface area contributed by atoms with Gasteiger partial charge in [-0.1, -0.05) is 12.8 Å². The molecule has 1 amide bonds. The minimum atomic E-state index is -0.510. The van der Waals surface area contributed by atoms with Gasteiger partial charge in [-0.3, -0.25) is 4.79 Å². The zero-order valence-corrected chi connectivity index (χ0v) is 15.0. The molecular formula is C19H21FN6O. The number of fused-ring (bicyclic) bond motifs is 1. The molecule has 8 heteroatoms. The molecule has 0 bridgehead atoms. The van der Waals surface area contributed by atoms with E-state index in [1.165, 1.54) is 13.1 Å². The summed E-state index contributed by atoms with van der Waals surface area (Å²) in [5, 5.41) is 7.02. The molecule has 3 heterocycles. The summed E-state index contributed by atoms with van der Waals surface area (Å²) < 4.78 is 14.4. The van der Waals surface area contributed by atoms with Crippen LogP contribution in [0.3, 0.4) is 0 Å². The van der Waals surface area contributed by atoms with Crippen LogP contribution in [0.4, 0.5) is 10.2 Å². The number of carbonyl (C=O) groups excluding carboxylic acids is 1. The maximum atomic E-state index is 14.4. The van der Waals surface area contributed by atoms with E-state index in [4.69, 9.17) is 0 Å². The second-order valence-electron chi connectivity index (χ2n) is 6.83. The molecule has 0 aliphatic heterocycles. The summed E-state index contributed by atoms with van der Waals surface area (Å²) in [5.41, 5.74) is 1.50. The van der Waals surface area contributed by atoms with E-state index >= 15 is 0 Å². The number of H-pyrrole nitrogens is 1. The highest BCUT2D eigenvalue weighted by Gasteiger charge is 2.27. The van der Waals surface area contributed by atoms with Crippen molar-refractivity contribution < 1.29 is 9.18 Å². The zero-order valence-electron chi connectivity index (χ0n) is 15.0. The fourth-order valence-corrected chi connectivity index (χ4v) is 3.65. The van der Waals surface area contributed by atoms with Crippen LogP contribution in [0.15, 0.2) is 30.7 Å². The molecule has 3 aromatic rings. The Labute approximate surface area is 155 Å². The number of amides is 1. The molecule has 27 heavy (non-hydrogen) atoms. The lowest BCUT2D eigenvalue weighted by Crippen LogP contribution is -2.48. The second-order valence-corrected chi connectivity index (χ2v) is 6.83. The van der Waals surface area contributed by atoms with E-state index in [0.29, 0.717) is 5.82 Å². The minimum absolute atomic E-state index is 0.0358. The fraction of sp³-hybridized carbons (Fsp3) is 0.368. The topological polar surface area (TPSA) is 95.6 Å². The van der Waals surface area contributed by atoms with Gasteiger partial charge in [0.15, 0.2) is 17.5 Å². The lowest BCUT2D eigenvalue weighted by molar-refractivity contribution is -0.119. The number of nitrogens with one attached hydrogen (secondary N) is 3. The number of halogens is 1. The summed E-state index contributed by atoms with van der Waals surface area (Å²) in [6.07, 6.45) is 8.44. The predicted octanol–water partition coefficient (Wildman–Crippen LogP) is 3.02. The highest BCUT2D eigenvalue weighted by molar-refractivity contribution is 5.91. The van der Waals surface area contributed by atoms with Gasteiger partial charge >= 0.3 is 0 Å². The number of anilines is 1. The van der Waals surface area contributed by atoms with Crippen molar-refractivity contribution >= 4 is 22.8 Å². The molecule has 1 saturated carbocycles. The van der Waals surface area contributed by atoms with E-state index in [9.17, 15) is 9.18 Å². The average Bonchev–Trinajstić information content (AvgIpc) is 3.09. The third kappa shape index (κ3) is 3.60. The molecule has 2 atom stereocenters. The summed E-state index contributed by atoms with van der Waals surface area (Å²) in [6.45, 7) is 1.50. The molecule has 1 aliphatic rings. The molecule has 4 rings (SSSR count). The van der Waals surface area contributed by atoms with Gasteiger partial charge in [0.2, 0.25) is 5.91 Å². The van der Waals surface area contributed by atoms with Gasteiger partial charge < -0.3 is 15.6 Å². The molecule has 1 aliphatic carbocycles.